The second kappa shape index (κ2) is 9.62. The van der Waals surface area contributed by atoms with E-state index in [1.165, 1.54) is 0 Å². The Morgan fingerprint density at radius 3 is 2.56 bits per heavy atom. The third-order valence-electron chi connectivity index (χ3n) is 4.26. The lowest BCUT2D eigenvalue weighted by Crippen LogP contribution is -2.36. The number of rotatable bonds is 9. The van der Waals surface area contributed by atoms with E-state index in [1.807, 2.05) is 50.2 Å². The molecule has 0 aliphatic rings. The quantitative estimate of drug-likeness (QED) is 0.708. The van der Waals surface area contributed by atoms with E-state index in [9.17, 15) is 14.7 Å². The summed E-state index contributed by atoms with van der Waals surface area (Å²) in [6.07, 6.45) is 0.261. The van der Waals surface area contributed by atoms with Crippen LogP contribution in [0.1, 0.15) is 16.7 Å². The minimum Gasteiger partial charge on any atom is -0.496 e. The molecular weight excluding hydrogens is 346 g/mol. The van der Waals surface area contributed by atoms with Crippen molar-refractivity contribution in [1.29, 1.82) is 0 Å². The minimum atomic E-state index is -0.975. The Kier molecular flexibility index (Phi) is 7.23. The molecule has 0 bridgehead atoms. The van der Waals surface area contributed by atoms with Crippen molar-refractivity contribution < 1.29 is 24.2 Å². The van der Waals surface area contributed by atoms with Crippen LogP contribution in [-0.2, 0) is 16.0 Å². The van der Waals surface area contributed by atoms with E-state index in [1.54, 1.807) is 13.2 Å². The minimum absolute atomic E-state index is 0.0162. The number of methoxy groups -OCH3 is 1. The van der Waals surface area contributed by atoms with Gasteiger partial charge in [0, 0.05) is 6.54 Å². The molecule has 6 nitrogen and oxygen atoms in total. The first-order valence-electron chi connectivity index (χ1n) is 8.72. The lowest BCUT2D eigenvalue weighted by atomic mass is 9.98. The lowest BCUT2D eigenvalue weighted by Gasteiger charge is -2.16. The number of carbonyl (C=O) groups excluding carboxylic acids is 1. The number of ether oxygens (including phenoxy) is 2. The fraction of sp³-hybridized carbons (Fsp3) is 0.333. The number of para-hydroxylation sites is 1. The molecule has 0 spiro atoms. The van der Waals surface area contributed by atoms with Crippen molar-refractivity contribution in [1.82, 2.24) is 5.32 Å². The maximum atomic E-state index is 12.1. The second-order valence-electron chi connectivity index (χ2n) is 6.41. The first-order chi connectivity index (χ1) is 12.9. The molecule has 1 atom stereocenters. The van der Waals surface area contributed by atoms with Crippen LogP contribution in [0.15, 0.2) is 42.5 Å². The van der Waals surface area contributed by atoms with Crippen molar-refractivity contribution in [3.05, 3.63) is 59.2 Å². The van der Waals surface area contributed by atoms with Gasteiger partial charge in [0.2, 0.25) is 0 Å². The van der Waals surface area contributed by atoms with Crippen LogP contribution in [0.4, 0.5) is 0 Å². The van der Waals surface area contributed by atoms with Gasteiger partial charge in [0.25, 0.3) is 5.91 Å². The monoisotopic (exact) mass is 371 g/mol. The molecule has 2 N–H and O–H groups in total. The Hall–Kier alpha value is -3.02. The summed E-state index contributed by atoms with van der Waals surface area (Å²) in [6, 6.07) is 13.0. The number of carbonyl (C=O) groups is 2. The predicted molar refractivity (Wildman–Crippen MR) is 102 cm³/mol. The van der Waals surface area contributed by atoms with Crippen molar-refractivity contribution in [2.24, 2.45) is 5.92 Å². The summed E-state index contributed by atoms with van der Waals surface area (Å²) in [4.78, 5) is 23.6. The molecule has 0 radical (unpaired) electrons. The summed E-state index contributed by atoms with van der Waals surface area (Å²) >= 11 is 0. The van der Waals surface area contributed by atoms with Crippen molar-refractivity contribution in [2.75, 3.05) is 20.3 Å². The summed E-state index contributed by atoms with van der Waals surface area (Å²) in [5.74, 6) is -0.813. The molecule has 0 aromatic heterocycles. The summed E-state index contributed by atoms with van der Waals surface area (Å²) in [6.45, 7) is 3.70. The zero-order valence-corrected chi connectivity index (χ0v) is 15.8. The van der Waals surface area contributed by atoms with Crippen LogP contribution in [0.3, 0.4) is 0 Å². The number of carboxylic acids is 1. The largest absolute Gasteiger partial charge is 0.496 e. The summed E-state index contributed by atoms with van der Waals surface area (Å²) in [7, 11) is 1.54. The number of hydrogen-bond donors (Lipinski definition) is 2. The molecule has 0 saturated heterocycles. The Labute approximate surface area is 159 Å². The zero-order valence-electron chi connectivity index (χ0n) is 15.8. The van der Waals surface area contributed by atoms with E-state index in [0.29, 0.717) is 11.5 Å². The molecule has 2 aromatic carbocycles. The molecule has 2 aromatic rings. The molecular formula is C21H25NO5. The van der Waals surface area contributed by atoms with E-state index >= 15 is 0 Å². The van der Waals surface area contributed by atoms with E-state index in [2.05, 4.69) is 5.32 Å². The molecule has 6 heteroatoms. The Morgan fingerprint density at radius 2 is 1.85 bits per heavy atom. The van der Waals surface area contributed by atoms with Crippen LogP contribution in [0.25, 0.3) is 0 Å². The van der Waals surface area contributed by atoms with Gasteiger partial charge in [0.05, 0.1) is 13.0 Å². The van der Waals surface area contributed by atoms with Gasteiger partial charge in [-0.25, -0.2) is 0 Å². The molecule has 2 rings (SSSR count). The summed E-state index contributed by atoms with van der Waals surface area (Å²) in [5.41, 5.74) is 2.76. The van der Waals surface area contributed by atoms with Gasteiger partial charge in [0.1, 0.15) is 11.5 Å². The first-order valence-corrected chi connectivity index (χ1v) is 8.72. The molecule has 27 heavy (non-hydrogen) atoms. The van der Waals surface area contributed by atoms with Gasteiger partial charge in [0.15, 0.2) is 6.61 Å². The van der Waals surface area contributed by atoms with Gasteiger partial charge in [-0.2, -0.15) is 0 Å². The van der Waals surface area contributed by atoms with Crippen LogP contribution in [0, 0.1) is 19.8 Å². The average Bonchev–Trinajstić information content (AvgIpc) is 2.65. The second-order valence-corrected chi connectivity index (χ2v) is 6.41. The zero-order chi connectivity index (χ0) is 19.8. The Morgan fingerprint density at radius 1 is 1.11 bits per heavy atom. The molecule has 0 aliphatic heterocycles. The van der Waals surface area contributed by atoms with Gasteiger partial charge in [-0.1, -0.05) is 30.3 Å². The van der Waals surface area contributed by atoms with Crippen LogP contribution in [0.2, 0.25) is 0 Å². The lowest BCUT2D eigenvalue weighted by molar-refractivity contribution is -0.141. The van der Waals surface area contributed by atoms with Crippen LogP contribution in [0.5, 0.6) is 11.5 Å². The highest BCUT2D eigenvalue weighted by Crippen LogP contribution is 2.21. The molecule has 0 fully saturated rings. The number of amides is 1. The molecule has 1 amide bonds. The maximum absolute atomic E-state index is 12.1. The maximum Gasteiger partial charge on any atom is 0.308 e. The van der Waals surface area contributed by atoms with Crippen molar-refractivity contribution in [3.8, 4) is 11.5 Å². The molecule has 0 saturated carbocycles. The molecule has 1 unspecified atom stereocenters. The third kappa shape index (κ3) is 6.02. The van der Waals surface area contributed by atoms with Crippen molar-refractivity contribution >= 4 is 11.9 Å². The van der Waals surface area contributed by atoms with E-state index in [4.69, 9.17) is 9.47 Å². The van der Waals surface area contributed by atoms with Crippen LogP contribution < -0.4 is 14.8 Å². The molecule has 144 valence electrons. The third-order valence-corrected chi connectivity index (χ3v) is 4.26. The number of nitrogens with one attached hydrogen (secondary N) is 1. The van der Waals surface area contributed by atoms with E-state index in [0.717, 1.165) is 16.7 Å². The highest BCUT2D eigenvalue weighted by atomic mass is 16.5. The van der Waals surface area contributed by atoms with Gasteiger partial charge in [-0.05, 0) is 49.1 Å². The highest BCUT2D eigenvalue weighted by Gasteiger charge is 2.21. The number of hydrogen-bond acceptors (Lipinski definition) is 4. The normalized spacial score (nSPS) is 11.5. The van der Waals surface area contributed by atoms with Gasteiger partial charge in [-0.3, -0.25) is 9.59 Å². The number of aliphatic carboxylic acids is 1. The fourth-order valence-electron chi connectivity index (χ4n) is 2.68. The summed E-state index contributed by atoms with van der Waals surface area (Å²) in [5, 5.41) is 12.1. The van der Waals surface area contributed by atoms with Gasteiger partial charge < -0.3 is 19.9 Å². The van der Waals surface area contributed by atoms with Crippen molar-refractivity contribution in [3.63, 3.8) is 0 Å². The SMILES string of the molecule is COc1ccccc1CC(CNC(=O)COc1cc(C)ccc1C)C(=O)O. The predicted octanol–water partition coefficient (Wildman–Crippen LogP) is 2.75. The Bertz CT molecular complexity index is 803. The fourth-order valence-corrected chi connectivity index (χ4v) is 2.68. The first kappa shape index (κ1) is 20.3. The average molecular weight is 371 g/mol. The van der Waals surface area contributed by atoms with Crippen LogP contribution >= 0.6 is 0 Å². The number of carboxylic acid groups (broad SMARTS) is 1. The summed E-state index contributed by atoms with van der Waals surface area (Å²) < 4.78 is 10.8. The topological polar surface area (TPSA) is 84.9 Å². The highest BCUT2D eigenvalue weighted by molar-refractivity contribution is 5.78. The van der Waals surface area contributed by atoms with Crippen LogP contribution in [-0.4, -0.2) is 37.2 Å². The molecule has 0 heterocycles. The Balaban J connectivity index is 1.90. The van der Waals surface area contributed by atoms with Crippen molar-refractivity contribution in [2.45, 2.75) is 20.3 Å². The molecule has 0 aliphatic carbocycles. The van der Waals surface area contributed by atoms with Gasteiger partial charge in [-0.15, -0.1) is 0 Å². The smallest absolute Gasteiger partial charge is 0.308 e. The van der Waals surface area contributed by atoms with E-state index < -0.39 is 11.9 Å². The standard InChI is InChI=1S/C21H25NO5/c1-14-8-9-15(2)19(10-14)27-13-20(23)22-12-17(21(24)25)11-16-6-4-5-7-18(16)26-3/h4-10,17H,11-13H2,1-3H3,(H,22,23)(H,24,25). The van der Waals surface area contributed by atoms with E-state index in [-0.39, 0.29) is 25.5 Å². The number of aryl methyl sites for hydroxylation is 2. The van der Waals surface area contributed by atoms with Gasteiger partial charge >= 0.3 is 5.97 Å². The number of benzene rings is 2.